The fraction of sp³-hybridized carbons (Fsp3) is 0.222. The van der Waals surface area contributed by atoms with Gasteiger partial charge >= 0.3 is 5.97 Å². The Labute approximate surface area is 145 Å². The van der Waals surface area contributed by atoms with Gasteiger partial charge in [0, 0.05) is 17.0 Å². The maximum absolute atomic E-state index is 12.0. The molecule has 1 aromatic heterocycles. The number of para-hydroxylation sites is 1. The Balaban J connectivity index is 2.38. The molecule has 1 amide bonds. The third-order valence-electron chi connectivity index (χ3n) is 3.65. The second-order valence-corrected chi connectivity index (χ2v) is 5.30. The van der Waals surface area contributed by atoms with E-state index in [1.807, 2.05) is 36.6 Å². The first kappa shape index (κ1) is 17.9. The Morgan fingerprint density at radius 3 is 2.76 bits per heavy atom. The average Bonchev–Trinajstić information content (AvgIpc) is 2.88. The average molecular weight is 338 g/mol. The fourth-order valence-electron chi connectivity index (χ4n) is 2.53. The molecule has 1 N–H and O–H groups in total. The summed E-state index contributed by atoms with van der Waals surface area (Å²) in [5.41, 5.74) is 6.00. The van der Waals surface area contributed by atoms with E-state index < -0.39 is 11.9 Å². The highest BCUT2D eigenvalue weighted by atomic mass is 16.5. The lowest BCUT2D eigenvalue weighted by Gasteiger charge is -2.13. The molecule has 25 heavy (non-hydrogen) atoms. The Bertz CT molecular complexity index is 875. The molecule has 0 aliphatic carbocycles. The molecule has 2 aromatic rings. The number of hydrazone groups is 1. The van der Waals surface area contributed by atoms with E-state index in [0.717, 1.165) is 17.0 Å². The summed E-state index contributed by atoms with van der Waals surface area (Å²) in [6.45, 7) is 3.80. The van der Waals surface area contributed by atoms with Crippen molar-refractivity contribution in [2.24, 2.45) is 5.10 Å². The van der Waals surface area contributed by atoms with Crippen molar-refractivity contribution in [2.45, 2.75) is 20.3 Å². The second-order valence-electron chi connectivity index (χ2n) is 5.30. The van der Waals surface area contributed by atoms with Gasteiger partial charge in [-0.3, -0.25) is 4.79 Å². The van der Waals surface area contributed by atoms with Crippen molar-refractivity contribution < 1.29 is 14.3 Å². The number of nitriles is 1. The van der Waals surface area contributed by atoms with Crippen molar-refractivity contribution in [1.82, 2.24) is 9.99 Å². The predicted molar refractivity (Wildman–Crippen MR) is 92.5 cm³/mol. The Kier molecular flexibility index (Phi) is 5.69. The summed E-state index contributed by atoms with van der Waals surface area (Å²) in [5.74, 6) is -0.884. The SMILES string of the molecule is COC(=O)c1ccccc1-n1c(C)cc(/C=N/NC(=O)CC#N)c1C. The van der Waals surface area contributed by atoms with E-state index in [1.54, 1.807) is 18.2 Å². The minimum atomic E-state index is -0.469. The number of rotatable bonds is 5. The molecular weight excluding hydrogens is 320 g/mol. The molecule has 0 spiro atoms. The van der Waals surface area contributed by atoms with E-state index in [2.05, 4.69) is 10.5 Å². The highest BCUT2D eigenvalue weighted by Gasteiger charge is 2.16. The number of esters is 1. The molecule has 128 valence electrons. The zero-order valence-electron chi connectivity index (χ0n) is 14.2. The number of ether oxygens (including phenoxy) is 1. The molecule has 7 nitrogen and oxygen atoms in total. The van der Waals surface area contributed by atoms with Crippen LogP contribution in [0.5, 0.6) is 0 Å². The van der Waals surface area contributed by atoms with E-state index in [-0.39, 0.29) is 6.42 Å². The summed E-state index contributed by atoms with van der Waals surface area (Å²) in [4.78, 5) is 23.3. The van der Waals surface area contributed by atoms with E-state index in [9.17, 15) is 9.59 Å². The van der Waals surface area contributed by atoms with Crippen LogP contribution in [-0.4, -0.2) is 29.8 Å². The van der Waals surface area contributed by atoms with Crippen LogP contribution in [0.1, 0.15) is 33.7 Å². The Hall–Kier alpha value is -3.40. The number of methoxy groups -OCH3 is 1. The van der Waals surface area contributed by atoms with Crippen molar-refractivity contribution in [2.75, 3.05) is 7.11 Å². The summed E-state index contributed by atoms with van der Waals surface area (Å²) < 4.78 is 6.77. The molecule has 0 bridgehead atoms. The third kappa shape index (κ3) is 3.93. The minimum absolute atomic E-state index is 0.247. The van der Waals surface area contributed by atoms with Gasteiger partial charge in [-0.05, 0) is 32.0 Å². The molecule has 1 heterocycles. The topological polar surface area (TPSA) is 96.5 Å². The number of amides is 1. The molecular formula is C18H18N4O3. The van der Waals surface area contributed by atoms with E-state index in [0.29, 0.717) is 11.3 Å². The molecule has 0 unspecified atom stereocenters. The molecule has 0 aliphatic heterocycles. The van der Waals surface area contributed by atoms with Crippen LogP contribution in [0.4, 0.5) is 0 Å². The maximum Gasteiger partial charge on any atom is 0.339 e. The van der Waals surface area contributed by atoms with Crippen LogP contribution in [0.15, 0.2) is 35.4 Å². The van der Waals surface area contributed by atoms with Crippen molar-refractivity contribution >= 4 is 18.1 Å². The van der Waals surface area contributed by atoms with Crippen LogP contribution < -0.4 is 5.43 Å². The first-order valence-electron chi connectivity index (χ1n) is 7.55. The standard InChI is InChI=1S/C18H18N4O3/c1-12-10-14(11-20-21-17(23)8-9-19)13(2)22(12)16-7-5-4-6-15(16)18(24)25-3/h4-7,10-11H,8H2,1-3H3,(H,21,23)/b20-11+. The van der Waals surface area contributed by atoms with Gasteiger partial charge in [0.15, 0.2) is 0 Å². The van der Waals surface area contributed by atoms with Crippen molar-refractivity contribution in [3.63, 3.8) is 0 Å². The molecule has 7 heteroatoms. The molecule has 0 saturated heterocycles. The van der Waals surface area contributed by atoms with Crippen LogP contribution in [0.2, 0.25) is 0 Å². The lowest BCUT2D eigenvalue weighted by molar-refractivity contribution is -0.120. The third-order valence-corrected chi connectivity index (χ3v) is 3.65. The predicted octanol–water partition coefficient (Wildman–Crippen LogP) is 2.24. The number of aromatic nitrogens is 1. The number of carbonyl (C=O) groups excluding carboxylic acids is 2. The zero-order chi connectivity index (χ0) is 18.4. The first-order chi connectivity index (χ1) is 12.0. The summed E-state index contributed by atoms with van der Waals surface area (Å²) >= 11 is 0. The molecule has 0 atom stereocenters. The minimum Gasteiger partial charge on any atom is -0.465 e. The van der Waals surface area contributed by atoms with E-state index in [1.165, 1.54) is 13.3 Å². The van der Waals surface area contributed by atoms with Crippen molar-refractivity contribution in [1.29, 1.82) is 5.26 Å². The molecule has 2 rings (SSSR count). The van der Waals surface area contributed by atoms with E-state index in [4.69, 9.17) is 10.00 Å². The lowest BCUT2D eigenvalue weighted by Crippen LogP contribution is -2.16. The monoisotopic (exact) mass is 338 g/mol. The van der Waals surface area contributed by atoms with Crippen LogP contribution >= 0.6 is 0 Å². The van der Waals surface area contributed by atoms with Crippen molar-refractivity contribution in [3.05, 3.63) is 52.8 Å². The Morgan fingerprint density at radius 1 is 1.36 bits per heavy atom. The lowest BCUT2D eigenvalue weighted by atomic mass is 10.1. The molecule has 0 aliphatic rings. The van der Waals surface area contributed by atoms with Gasteiger partial charge in [0.1, 0.15) is 6.42 Å². The van der Waals surface area contributed by atoms with Gasteiger partial charge in [0.05, 0.1) is 30.6 Å². The summed E-state index contributed by atoms with van der Waals surface area (Å²) in [6.07, 6.45) is 1.26. The van der Waals surface area contributed by atoms with Gasteiger partial charge in [-0.25, -0.2) is 10.2 Å². The molecule has 0 fully saturated rings. The largest absolute Gasteiger partial charge is 0.465 e. The number of hydrogen-bond donors (Lipinski definition) is 1. The van der Waals surface area contributed by atoms with Crippen LogP contribution in [0.3, 0.4) is 0 Å². The molecule has 0 saturated carbocycles. The summed E-state index contributed by atoms with van der Waals surface area (Å²) in [7, 11) is 1.34. The van der Waals surface area contributed by atoms with Crippen LogP contribution in [-0.2, 0) is 9.53 Å². The first-order valence-corrected chi connectivity index (χ1v) is 7.55. The number of nitrogens with one attached hydrogen (secondary N) is 1. The zero-order valence-corrected chi connectivity index (χ0v) is 14.2. The van der Waals surface area contributed by atoms with Gasteiger partial charge in [-0.2, -0.15) is 10.4 Å². The number of hydrogen-bond acceptors (Lipinski definition) is 5. The van der Waals surface area contributed by atoms with Crippen LogP contribution in [0, 0.1) is 25.2 Å². The van der Waals surface area contributed by atoms with Gasteiger partial charge in [0.2, 0.25) is 0 Å². The van der Waals surface area contributed by atoms with Gasteiger partial charge in [-0.1, -0.05) is 12.1 Å². The van der Waals surface area contributed by atoms with Crippen molar-refractivity contribution in [3.8, 4) is 11.8 Å². The molecule has 0 radical (unpaired) electrons. The maximum atomic E-state index is 12.0. The van der Waals surface area contributed by atoms with Gasteiger partial charge in [0.25, 0.3) is 5.91 Å². The summed E-state index contributed by atoms with van der Waals surface area (Å²) in [5, 5.41) is 12.3. The normalized spacial score (nSPS) is 10.5. The van der Waals surface area contributed by atoms with E-state index >= 15 is 0 Å². The number of benzene rings is 1. The quantitative estimate of drug-likeness (QED) is 0.514. The molecule has 1 aromatic carbocycles. The number of carbonyl (C=O) groups is 2. The highest BCUT2D eigenvalue weighted by Crippen LogP contribution is 2.23. The second kappa shape index (κ2) is 7.93. The highest BCUT2D eigenvalue weighted by molar-refractivity contribution is 5.94. The number of nitrogens with zero attached hydrogens (tertiary/aromatic N) is 3. The number of aryl methyl sites for hydroxylation is 1. The van der Waals surface area contributed by atoms with Gasteiger partial charge < -0.3 is 9.30 Å². The fourth-order valence-corrected chi connectivity index (χ4v) is 2.53. The van der Waals surface area contributed by atoms with Crippen LogP contribution in [0.25, 0.3) is 5.69 Å². The van der Waals surface area contributed by atoms with Gasteiger partial charge in [-0.15, -0.1) is 0 Å². The summed E-state index contributed by atoms with van der Waals surface area (Å²) in [6, 6.07) is 10.8. The Morgan fingerprint density at radius 2 is 2.08 bits per heavy atom. The smallest absolute Gasteiger partial charge is 0.339 e.